The van der Waals surface area contributed by atoms with Crippen molar-refractivity contribution in [2.75, 3.05) is 11.4 Å². The fraction of sp³-hybridized carbons (Fsp3) is 0.545. The molecule has 1 aromatic rings. The Hall–Kier alpha value is -1.65. The Balaban J connectivity index is 2.25. The van der Waals surface area contributed by atoms with Crippen molar-refractivity contribution >= 4 is 11.8 Å². The van der Waals surface area contributed by atoms with Gasteiger partial charge in [0.05, 0.1) is 0 Å². The number of aromatic nitrogens is 2. The Labute approximate surface area is 94.1 Å². The van der Waals surface area contributed by atoms with Gasteiger partial charge in [0.1, 0.15) is 5.82 Å². The minimum atomic E-state index is -1.08. The minimum absolute atomic E-state index is 0.129. The van der Waals surface area contributed by atoms with Crippen molar-refractivity contribution < 1.29 is 9.90 Å². The van der Waals surface area contributed by atoms with Crippen LogP contribution in [0.5, 0.6) is 0 Å². The van der Waals surface area contributed by atoms with Gasteiger partial charge in [-0.25, -0.2) is 14.8 Å². The van der Waals surface area contributed by atoms with E-state index in [2.05, 4.69) is 21.8 Å². The van der Waals surface area contributed by atoms with Crippen LogP contribution < -0.4 is 4.90 Å². The number of hydrogen-bond donors (Lipinski definition) is 1. The van der Waals surface area contributed by atoms with Crippen LogP contribution in [-0.2, 0) is 0 Å². The molecule has 1 unspecified atom stereocenters. The lowest BCUT2D eigenvalue weighted by Crippen LogP contribution is -2.38. The van der Waals surface area contributed by atoms with Gasteiger partial charge >= 0.3 is 5.97 Å². The third-order valence-electron chi connectivity index (χ3n) is 2.93. The maximum absolute atomic E-state index is 10.8. The summed E-state index contributed by atoms with van der Waals surface area (Å²) in [6, 6.07) is 2.19. The van der Waals surface area contributed by atoms with E-state index in [1.165, 1.54) is 12.6 Å². The number of nitrogens with zero attached hydrogens (tertiary/aromatic N) is 3. The maximum Gasteiger partial charge on any atom is 0.374 e. The zero-order chi connectivity index (χ0) is 11.5. The first-order valence-corrected chi connectivity index (χ1v) is 5.51. The summed E-state index contributed by atoms with van der Waals surface area (Å²) in [4.78, 5) is 20.7. The van der Waals surface area contributed by atoms with Crippen LogP contribution in [0.1, 0.15) is 36.8 Å². The molecule has 0 aromatic carbocycles. The van der Waals surface area contributed by atoms with E-state index in [9.17, 15) is 4.79 Å². The maximum atomic E-state index is 10.8. The van der Waals surface area contributed by atoms with Crippen LogP contribution in [-0.4, -0.2) is 33.6 Å². The van der Waals surface area contributed by atoms with Crippen molar-refractivity contribution in [3.05, 3.63) is 18.1 Å². The third kappa shape index (κ3) is 2.13. The summed E-state index contributed by atoms with van der Waals surface area (Å²) < 4.78 is 0. The van der Waals surface area contributed by atoms with Gasteiger partial charge in [-0.15, -0.1) is 0 Å². The van der Waals surface area contributed by atoms with Crippen molar-refractivity contribution in [3.63, 3.8) is 0 Å². The van der Waals surface area contributed by atoms with Gasteiger partial charge in [0.25, 0.3) is 0 Å². The molecule has 5 nitrogen and oxygen atoms in total. The topological polar surface area (TPSA) is 66.3 Å². The molecule has 2 rings (SSSR count). The van der Waals surface area contributed by atoms with E-state index in [0.717, 1.165) is 25.2 Å². The summed E-state index contributed by atoms with van der Waals surface area (Å²) in [5, 5.41) is 8.83. The number of carboxylic acids is 1. The van der Waals surface area contributed by atoms with Crippen LogP contribution in [0.3, 0.4) is 0 Å². The largest absolute Gasteiger partial charge is 0.475 e. The van der Waals surface area contributed by atoms with Crippen molar-refractivity contribution in [1.29, 1.82) is 0 Å². The van der Waals surface area contributed by atoms with Gasteiger partial charge in [-0.3, -0.25) is 0 Å². The van der Waals surface area contributed by atoms with Gasteiger partial charge in [-0.2, -0.15) is 0 Å². The van der Waals surface area contributed by atoms with Gasteiger partial charge in [0.2, 0.25) is 5.82 Å². The molecule has 0 amide bonds. The van der Waals surface area contributed by atoms with Crippen LogP contribution in [0.4, 0.5) is 5.82 Å². The average molecular weight is 221 g/mol. The number of aromatic carboxylic acids is 1. The molecule has 0 bridgehead atoms. The van der Waals surface area contributed by atoms with Crippen molar-refractivity contribution in [2.45, 2.75) is 32.2 Å². The summed E-state index contributed by atoms with van der Waals surface area (Å²) >= 11 is 0. The highest BCUT2D eigenvalue weighted by molar-refractivity contribution is 5.83. The number of carboxylic acid groups (broad SMARTS) is 1. The summed E-state index contributed by atoms with van der Waals surface area (Å²) in [6.45, 7) is 3.08. The average Bonchev–Trinajstić information content (AvgIpc) is 2.30. The second-order valence-corrected chi connectivity index (χ2v) is 4.08. The first-order valence-electron chi connectivity index (χ1n) is 5.51. The van der Waals surface area contributed by atoms with E-state index in [0.29, 0.717) is 6.04 Å². The molecule has 0 aliphatic carbocycles. The number of piperidine rings is 1. The predicted molar refractivity (Wildman–Crippen MR) is 59.7 cm³/mol. The van der Waals surface area contributed by atoms with E-state index in [4.69, 9.17) is 5.11 Å². The molecular weight excluding hydrogens is 206 g/mol. The number of anilines is 1. The lowest BCUT2D eigenvalue weighted by atomic mass is 10.0. The fourth-order valence-corrected chi connectivity index (χ4v) is 2.05. The Kier molecular flexibility index (Phi) is 3.03. The molecule has 1 aliphatic rings. The Bertz CT molecular complexity index is 395. The molecule has 0 radical (unpaired) electrons. The summed E-state index contributed by atoms with van der Waals surface area (Å²) in [6.07, 6.45) is 5.00. The molecule has 86 valence electrons. The number of carbonyl (C=O) groups is 1. The molecule has 5 heteroatoms. The summed E-state index contributed by atoms with van der Waals surface area (Å²) in [5.41, 5.74) is 0. The normalized spacial score (nSPS) is 20.8. The lowest BCUT2D eigenvalue weighted by molar-refractivity contribution is 0.0683. The zero-order valence-electron chi connectivity index (χ0n) is 9.26. The molecular formula is C11H15N3O2. The van der Waals surface area contributed by atoms with E-state index in [1.807, 2.05) is 0 Å². The predicted octanol–water partition coefficient (Wildman–Crippen LogP) is 1.55. The quantitative estimate of drug-likeness (QED) is 0.820. The van der Waals surface area contributed by atoms with Crippen molar-refractivity contribution in [3.8, 4) is 0 Å². The third-order valence-corrected chi connectivity index (χ3v) is 2.93. The van der Waals surface area contributed by atoms with Crippen LogP contribution in [0.25, 0.3) is 0 Å². The fourth-order valence-electron chi connectivity index (χ4n) is 2.05. The smallest absolute Gasteiger partial charge is 0.374 e. The van der Waals surface area contributed by atoms with Crippen LogP contribution in [0.2, 0.25) is 0 Å². The molecule has 1 aliphatic heterocycles. The molecule has 1 fully saturated rings. The molecule has 1 saturated heterocycles. The van der Waals surface area contributed by atoms with Gasteiger partial charge in [0, 0.05) is 18.8 Å². The van der Waals surface area contributed by atoms with E-state index >= 15 is 0 Å². The van der Waals surface area contributed by atoms with Crippen molar-refractivity contribution in [1.82, 2.24) is 9.97 Å². The van der Waals surface area contributed by atoms with Gasteiger partial charge < -0.3 is 10.0 Å². The molecule has 1 atom stereocenters. The SMILES string of the molecule is CC1CCCCN1c1ccnc(C(=O)O)n1. The molecule has 16 heavy (non-hydrogen) atoms. The highest BCUT2D eigenvalue weighted by atomic mass is 16.4. The van der Waals surface area contributed by atoms with Crippen LogP contribution >= 0.6 is 0 Å². The Morgan fingerprint density at radius 2 is 2.38 bits per heavy atom. The van der Waals surface area contributed by atoms with Crippen molar-refractivity contribution in [2.24, 2.45) is 0 Å². The second-order valence-electron chi connectivity index (χ2n) is 4.08. The van der Waals surface area contributed by atoms with Gasteiger partial charge in [-0.1, -0.05) is 0 Å². The second kappa shape index (κ2) is 4.47. The first kappa shape index (κ1) is 10.9. The van der Waals surface area contributed by atoms with E-state index in [-0.39, 0.29) is 5.82 Å². The Morgan fingerprint density at radius 3 is 3.06 bits per heavy atom. The molecule has 1 aromatic heterocycles. The zero-order valence-corrected chi connectivity index (χ0v) is 9.26. The lowest BCUT2D eigenvalue weighted by Gasteiger charge is -2.34. The molecule has 1 N–H and O–H groups in total. The summed E-state index contributed by atoms with van der Waals surface area (Å²) in [7, 11) is 0. The Morgan fingerprint density at radius 1 is 1.56 bits per heavy atom. The standard InChI is InChI=1S/C11H15N3O2/c1-8-4-2-3-7-14(8)9-5-6-12-10(13-9)11(15)16/h5-6,8H,2-4,7H2,1H3,(H,15,16). The molecule has 0 spiro atoms. The monoisotopic (exact) mass is 221 g/mol. The number of hydrogen-bond acceptors (Lipinski definition) is 4. The van der Waals surface area contributed by atoms with E-state index < -0.39 is 5.97 Å². The first-order chi connectivity index (χ1) is 7.68. The van der Waals surface area contributed by atoms with Gasteiger partial charge in [-0.05, 0) is 32.3 Å². The van der Waals surface area contributed by atoms with E-state index in [1.54, 1.807) is 6.07 Å². The van der Waals surface area contributed by atoms with Gasteiger partial charge in [0.15, 0.2) is 0 Å². The molecule has 0 saturated carbocycles. The highest BCUT2D eigenvalue weighted by Crippen LogP contribution is 2.22. The summed E-state index contributed by atoms with van der Waals surface area (Å²) in [5.74, 6) is -0.485. The highest BCUT2D eigenvalue weighted by Gasteiger charge is 2.20. The minimum Gasteiger partial charge on any atom is -0.475 e. The number of rotatable bonds is 2. The van der Waals surface area contributed by atoms with Crippen LogP contribution in [0, 0.1) is 0 Å². The molecule has 2 heterocycles. The van der Waals surface area contributed by atoms with Crippen LogP contribution in [0.15, 0.2) is 12.3 Å².